The molecule has 2 aromatic rings. The molecule has 25 heavy (non-hydrogen) atoms. The van der Waals surface area contributed by atoms with Crippen molar-refractivity contribution in [2.45, 2.75) is 20.3 Å². The van der Waals surface area contributed by atoms with E-state index >= 15 is 0 Å². The Hall–Kier alpha value is -2.82. The van der Waals surface area contributed by atoms with Gasteiger partial charge < -0.3 is 9.47 Å². The summed E-state index contributed by atoms with van der Waals surface area (Å²) in [5, 5.41) is 4.29. The van der Waals surface area contributed by atoms with Crippen molar-refractivity contribution < 1.29 is 14.3 Å². The fourth-order valence-corrected chi connectivity index (χ4v) is 2.29. The van der Waals surface area contributed by atoms with E-state index < -0.39 is 0 Å². The zero-order valence-corrected chi connectivity index (χ0v) is 14.9. The third kappa shape index (κ3) is 5.95. The van der Waals surface area contributed by atoms with E-state index in [9.17, 15) is 4.79 Å². The van der Waals surface area contributed by atoms with Gasteiger partial charge in [0, 0.05) is 0 Å². The van der Waals surface area contributed by atoms with Crippen LogP contribution in [0.2, 0.25) is 0 Å². The van der Waals surface area contributed by atoms with E-state index in [-0.39, 0.29) is 12.5 Å². The Morgan fingerprint density at radius 3 is 2.32 bits per heavy atom. The predicted octanol–water partition coefficient (Wildman–Crippen LogP) is 3.64. The van der Waals surface area contributed by atoms with E-state index in [1.807, 2.05) is 42.5 Å². The molecule has 132 valence electrons. The number of hydrogen-bond donors (Lipinski definition) is 1. The predicted molar refractivity (Wildman–Crippen MR) is 99.1 cm³/mol. The summed E-state index contributed by atoms with van der Waals surface area (Å²) >= 11 is 0. The summed E-state index contributed by atoms with van der Waals surface area (Å²) in [5.41, 5.74) is 4.43. The third-order valence-corrected chi connectivity index (χ3v) is 3.45. The van der Waals surface area contributed by atoms with E-state index in [4.69, 9.17) is 9.47 Å². The molecule has 0 fully saturated rings. The smallest absolute Gasteiger partial charge is 0.277 e. The molecule has 1 amide bonds. The second-order valence-corrected chi connectivity index (χ2v) is 6.00. The van der Waals surface area contributed by atoms with Crippen molar-refractivity contribution in [2.75, 3.05) is 13.7 Å². The Balaban J connectivity index is 1.98. The summed E-state index contributed by atoms with van der Waals surface area (Å²) < 4.78 is 10.7. The monoisotopic (exact) mass is 340 g/mol. The fourth-order valence-electron chi connectivity index (χ4n) is 2.29. The molecule has 0 aromatic heterocycles. The molecule has 5 heteroatoms. The summed E-state index contributed by atoms with van der Waals surface area (Å²) in [6, 6.07) is 17.0. The topological polar surface area (TPSA) is 59.9 Å². The van der Waals surface area contributed by atoms with E-state index in [2.05, 4.69) is 24.4 Å². The molecule has 0 heterocycles. The highest BCUT2D eigenvalue weighted by molar-refractivity contribution is 6.01. The number of hydrogen-bond acceptors (Lipinski definition) is 4. The lowest BCUT2D eigenvalue weighted by atomic mass is 10.0. The van der Waals surface area contributed by atoms with Crippen LogP contribution in [0.4, 0.5) is 0 Å². The summed E-state index contributed by atoms with van der Waals surface area (Å²) in [4.78, 5) is 12.1. The minimum absolute atomic E-state index is 0.131. The highest BCUT2D eigenvalue weighted by Crippen LogP contribution is 2.25. The second-order valence-electron chi connectivity index (χ2n) is 6.00. The van der Waals surface area contributed by atoms with Crippen molar-refractivity contribution in [3.8, 4) is 11.5 Å². The third-order valence-electron chi connectivity index (χ3n) is 3.45. The number of para-hydroxylation sites is 2. The molecular formula is C20H24N2O3. The van der Waals surface area contributed by atoms with Crippen molar-refractivity contribution in [1.29, 1.82) is 0 Å². The molecule has 1 N–H and O–H groups in total. The van der Waals surface area contributed by atoms with Crippen LogP contribution >= 0.6 is 0 Å². The first-order chi connectivity index (χ1) is 12.1. The minimum atomic E-state index is -0.317. The lowest BCUT2D eigenvalue weighted by Gasteiger charge is -2.11. The van der Waals surface area contributed by atoms with Crippen molar-refractivity contribution in [1.82, 2.24) is 5.43 Å². The fraction of sp³-hybridized carbons (Fsp3) is 0.300. The standard InChI is InChI=1S/C20H24N2O3/c1-15(2)13-17(16-9-5-4-6-10-16)21-22-20(23)14-25-19-12-8-7-11-18(19)24-3/h4-12,15H,13-14H2,1-3H3,(H,22,23)/b21-17-. The maximum Gasteiger partial charge on any atom is 0.277 e. The highest BCUT2D eigenvalue weighted by atomic mass is 16.5. The van der Waals surface area contributed by atoms with E-state index in [1.165, 1.54) is 0 Å². The maximum absolute atomic E-state index is 12.1. The highest BCUT2D eigenvalue weighted by Gasteiger charge is 2.09. The first-order valence-corrected chi connectivity index (χ1v) is 8.26. The van der Waals surface area contributed by atoms with Crippen LogP contribution in [0.3, 0.4) is 0 Å². The number of nitrogens with one attached hydrogen (secondary N) is 1. The maximum atomic E-state index is 12.1. The Morgan fingerprint density at radius 1 is 1.04 bits per heavy atom. The van der Waals surface area contributed by atoms with Gasteiger partial charge in [-0.15, -0.1) is 0 Å². The van der Waals surface area contributed by atoms with Crippen molar-refractivity contribution >= 4 is 11.6 Å². The zero-order chi connectivity index (χ0) is 18.1. The molecule has 0 unspecified atom stereocenters. The molecule has 0 radical (unpaired) electrons. The number of ether oxygens (including phenoxy) is 2. The lowest BCUT2D eigenvalue weighted by molar-refractivity contribution is -0.123. The van der Waals surface area contributed by atoms with E-state index in [0.29, 0.717) is 17.4 Å². The molecule has 0 atom stereocenters. The molecule has 2 aromatic carbocycles. The number of hydrazone groups is 1. The largest absolute Gasteiger partial charge is 0.493 e. The number of benzene rings is 2. The van der Waals surface area contributed by atoms with E-state index in [0.717, 1.165) is 17.7 Å². The number of rotatable bonds is 8. The van der Waals surface area contributed by atoms with Gasteiger partial charge in [-0.25, -0.2) is 5.43 Å². The normalized spacial score (nSPS) is 11.3. The summed E-state index contributed by atoms with van der Waals surface area (Å²) in [6.45, 7) is 4.10. The van der Waals surface area contributed by atoms with Crippen molar-refractivity contribution in [3.05, 3.63) is 60.2 Å². The molecule has 5 nitrogen and oxygen atoms in total. The SMILES string of the molecule is COc1ccccc1OCC(=O)N/N=C(/CC(C)C)c1ccccc1. The molecule has 2 rings (SSSR count). The van der Waals surface area contributed by atoms with Gasteiger partial charge in [0.1, 0.15) is 0 Å². The molecule has 0 bridgehead atoms. The van der Waals surface area contributed by atoms with Crippen LogP contribution in [0.5, 0.6) is 11.5 Å². The second kappa shape index (κ2) is 9.47. The van der Waals surface area contributed by atoms with Crippen LogP contribution in [0, 0.1) is 5.92 Å². The van der Waals surface area contributed by atoms with Gasteiger partial charge >= 0.3 is 0 Å². The first-order valence-electron chi connectivity index (χ1n) is 8.26. The Labute approximate surface area is 148 Å². The van der Waals surface area contributed by atoms with Gasteiger partial charge in [0.05, 0.1) is 12.8 Å². The molecule has 0 aliphatic rings. The van der Waals surface area contributed by atoms with Crippen LogP contribution in [-0.2, 0) is 4.79 Å². The Bertz CT molecular complexity index is 712. The van der Waals surface area contributed by atoms with Crippen LogP contribution in [0.25, 0.3) is 0 Å². The van der Waals surface area contributed by atoms with Gasteiger partial charge in [-0.3, -0.25) is 4.79 Å². The molecule has 0 spiro atoms. The Kier molecular flexibility index (Phi) is 7.01. The van der Waals surface area contributed by atoms with Crippen LogP contribution in [0.1, 0.15) is 25.8 Å². The molecule has 0 aliphatic carbocycles. The van der Waals surface area contributed by atoms with Crippen LogP contribution < -0.4 is 14.9 Å². The van der Waals surface area contributed by atoms with Crippen molar-refractivity contribution in [3.63, 3.8) is 0 Å². The summed E-state index contributed by atoms with van der Waals surface area (Å²) in [6.07, 6.45) is 0.775. The minimum Gasteiger partial charge on any atom is -0.493 e. The molecule has 0 saturated carbocycles. The average Bonchev–Trinajstić information content (AvgIpc) is 2.64. The number of nitrogens with zero attached hydrogens (tertiary/aromatic N) is 1. The molecular weight excluding hydrogens is 316 g/mol. The summed E-state index contributed by atoms with van der Waals surface area (Å²) in [7, 11) is 1.56. The van der Waals surface area contributed by atoms with Gasteiger partial charge in [-0.05, 0) is 30.0 Å². The number of carbonyl (C=O) groups is 1. The number of amides is 1. The van der Waals surface area contributed by atoms with E-state index in [1.54, 1.807) is 19.2 Å². The first kappa shape index (κ1) is 18.5. The number of carbonyl (C=O) groups excluding carboxylic acids is 1. The van der Waals surface area contributed by atoms with Gasteiger partial charge in [0.2, 0.25) is 0 Å². The van der Waals surface area contributed by atoms with Crippen LogP contribution in [-0.4, -0.2) is 25.3 Å². The average molecular weight is 340 g/mol. The molecule has 0 saturated heterocycles. The summed E-state index contributed by atoms with van der Waals surface area (Å²) in [5.74, 6) is 1.22. The van der Waals surface area contributed by atoms with Crippen LogP contribution in [0.15, 0.2) is 59.7 Å². The van der Waals surface area contributed by atoms with Crippen molar-refractivity contribution in [2.24, 2.45) is 11.0 Å². The van der Waals surface area contributed by atoms with Gasteiger partial charge in [-0.2, -0.15) is 5.10 Å². The van der Waals surface area contributed by atoms with Gasteiger partial charge in [0.25, 0.3) is 5.91 Å². The lowest BCUT2D eigenvalue weighted by Crippen LogP contribution is -2.26. The van der Waals surface area contributed by atoms with Gasteiger partial charge in [0.15, 0.2) is 18.1 Å². The quantitative estimate of drug-likeness (QED) is 0.589. The zero-order valence-electron chi connectivity index (χ0n) is 14.9. The molecule has 0 aliphatic heterocycles. The number of methoxy groups -OCH3 is 1. The van der Waals surface area contributed by atoms with Gasteiger partial charge in [-0.1, -0.05) is 56.3 Å². The Morgan fingerprint density at radius 2 is 1.68 bits per heavy atom.